The first-order chi connectivity index (χ1) is 15.8. The number of aromatic nitrogens is 1. The van der Waals surface area contributed by atoms with Crippen LogP contribution < -0.4 is 10.1 Å². The number of hydrogen-bond donors (Lipinski definition) is 1. The molecule has 1 aliphatic carbocycles. The molecule has 0 saturated heterocycles. The average Bonchev–Trinajstić information content (AvgIpc) is 3.16. The highest BCUT2D eigenvalue weighted by molar-refractivity contribution is 6.03. The number of methoxy groups -OCH3 is 1. The Kier molecular flexibility index (Phi) is 6.98. The van der Waals surface area contributed by atoms with Crippen LogP contribution in [-0.4, -0.2) is 59.2 Å². The summed E-state index contributed by atoms with van der Waals surface area (Å²) < 4.78 is 13.1. The van der Waals surface area contributed by atoms with Gasteiger partial charge in [0.05, 0.1) is 25.3 Å². The van der Waals surface area contributed by atoms with Crippen molar-refractivity contribution in [3.8, 4) is 5.75 Å². The lowest BCUT2D eigenvalue weighted by Crippen LogP contribution is -2.65. The van der Waals surface area contributed by atoms with Crippen LogP contribution in [0.2, 0.25) is 0 Å². The Morgan fingerprint density at radius 3 is 2.67 bits per heavy atom. The van der Waals surface area contributed by atoms with E-state index in [2.05, 4.69) is 5.32 Å². The molecule has 33 heavy (non-hydrogen) atoms. The summed E-state index contributed by atoms with van der Waals surface area (Å²) in [5.41, 5.74) is 0.553. The van der Waals surface area contributed by atoms with Crippen LogP contribution in [0.25, 0.3) is 10.9 Å². The van der Waals surface area contributed by atoms with E-state index in [0.717, 1.165) is 42.3 Å². The lowest BCUT2D eigenvalue weighted by Gasteiger charge is -2.45. The largest absolute Gasteiger partial charge is 0.497 e. The van der Waals surface area contributed by atoms with Gasteiger partial charge in [0.2, 0.25) is 5.91 Å². The summed E-state index contributed by atoms with van der Waals surface area (Å²) in [4.78, 5) is 29.2. The van der Waals surface area contributed by atoms with E-state index in [1.807, 2.05) is 49.6 Å². The summed E-state index contributed by atoms with van der Waals surface area (Å²) in [5, 5.41) is 4.25. The molecule has 4 rings (SSSR count). The zero-order valence-corrected chi connectivity index (χ0v) is 20.4. The quantitative estimate of drug-likeness (QED) is 0.608. The minimum atomic E-state index is -0.978. The maximum Gasteiger partial charge on any atom is 0.271 e. The fourth-order valence-electron chi connectivity index (χ4n) is 5.14. The molecule has 1 fully saturated rings. The first kappa shape index (κ1) is 23.6. The smallest absolute Gasteiger partial charge is 0.271 e. The Labute approximate surface area is 196 Å². The molecular formula is C26H37N3O4. The molecule has 2 aromatic rings. The first-order valence-corrected chi connectivity index (χ1v) is 12.3. The molecule has 7 heteroatoms. The summed E-state index contributed by atoms with van der Waals surface area (Å²) in [6.07, 6.45) is 6.35. The van der Waals surface area contributed by atoms with Gasteiger partial charge >= 0.3 is 0 Å². The van der Waals surface area contributed by atoms with Crippen molar-refractivity contribution in [2.75, 3.05) is 20.3 Å². The maximum atomic E-state index is 13.7. The normalized spacial score (nSPS) is 21.5. The molecule has 1 aliphatic heterocycles. The van der Waals surface area contributed by atoms with Crippen molar-refractivity contribution < 1.29 is 19.1 Å². The van der Waals surface area contributed by atoms with Crippen LogP contribution in [0.5, 0.6) is 5.75 Å². The average molecular weight is 456 g/mol. The summed E-state index contributed by atoms with van der Waals surface area (Å²) in [7, 11) is 1.63. The van der Waals surface area contributed by atoms with Crippen LogP contribution in [-0.2, 0) is 16.1 Å². The number of nitrogens with zero attached hydrogens (tertiary/aromatic N) is 2. The number of benzene rings is 1. The van der Waals surface area contributed by atoms with E-state index in [0.29, 0.717) is 31.8 Å². The number of nitrogens with one attached hydrogen (secondary N) is 1. The molecule has 180 valence electrons. The van der Waals surface area contributed by atoms with Crippen LogP contribution in [0.1, 0.15) is 69.8 Å². The van der Waals surface area contributed by atoms with Gasteiger partial charge in [-0.05, 0) is 58.2 Å². The SMILES string of the molecule is COc1ccc2cc3n(c2c1)CC(C)(C(=O)NC1CCCCC1)N(CCCOC(C)C)C3=O. The lowest BCUT2D eigenvalue weighted by molar-refractivity contribution is -0.134. The van der Waals surface area contributed by atoms with Crippen molar-refractivity contribution in [2.45, 2.75) is 83.5 Å². The Bertz CT molecular complexity index is 1010. The van der Waals surface area contributed by atoms with E-state index in [9.17, 15) is 9.59 Å². The topological polar surface area (TPSA) is 72.8 Å². The molecule has 1 saturated carbocycles. The van der Waals surface area contributed by atoms with Crippen molar-refractivity contribution in [3.63, 3.8) is 0 Å². The Balaban J connectivity index is 1.66. The molecule has 0 spiro atoms. The van der Waals surface area contributed by atoms with E-state index in [1.165, 1.54) is 6.42 Å². The van der Waals surface area contributed by atoms with Crippen LogP contribution in [0, 0.1) is 0 Å². The summed E-state index contributed by atoms with van der Waals surface area (Å²) >= 11 is 0. The lowest BCUT2D eigenvalue weighted by atomic mass is 9.91. The van der Waals surface area contributed by atoms with Crippen molar-refractivity contribution in [1.29, 1.82) is 0 Å². The third kappa shape index (κ3) is 4.74. The van der Waals surface area contributed by atoms with Gasteiger partial charge in [0, 0.05) is 30.6 Å². The molecule has 1 aromatic carbocycles. The maximum absolute atomic E-state index is 13.7. The predicted molar refractivity (Wildman–Crippen MR) is 129 cm³/mol. The number of ether oxygens (including phenoxy) is 2. The number of carbonyl (C=O) groups is 2. The fourth-order valence-corrected chi connectivity index (χ4v) is 5.14. The number of fused-ring (bicyclic) bond motifs is 3. The number of hydrogen-bond acceptors (Lipinski definition) is 4. The Hall–Kier alpha value is -2.54. The molecule has 1 atom stereocenters. The highest BCUT2D eigenvalue weighted by atomic mass is 16.5. The van der Waals surface area contributed by atoms with Crippen molar-refractivity contribution in [3.05, 3.63) is 30.0 Å². The minimum absolute atomic E-state index is 0.0667. The Morgan fingerprint density at radius 2 is 1.97 bits per heavy atom. The van der Waals surface area contributed by atoms with Crippen molar-refractivity contribution >= 4 is 22.7 Å². The number of rotatable bonds is 8. The van der Waals surface area contributed by atoms with E-state index in [4.69, 9.17) is 9.47 Å². The molecule has 7 nitrogen and oxygen atoms in total. The minimum Gasteiger partial charge on any atom is -0.497 e. The molecule has 2 amide bonds. The molecule has 0 radical (unpaired) electrons. The van der Waals surface area contributed by atoms with Crippen molar-refractivity contribution in [1.82, 2.24) is 14.8 Å². The molecule has 1 aromatic heterocycles. The molecule has 1 unspecified atom stereocenters. The standard InChI is InChI=1S/C26H37N3O4/c1-18(2)33-14-8-13-29-24(30)23-15-19-11-12-21(32-4)16-22(19)28(23)17-26(29,3)25(31)27-20-9-6-5-7-10-20/h11-12,15-16,18,20H,5-10,13-14,17H2,1-4H3,(H,27,31). The fraction of sp³-hybridized carbons (Fsp3) is 0.615. The molecule has 1 N–H and O–H groups in total. The van der Waals surface area contributed by atoms with Gasteiger partial charge in [-0.1, -0.05) is 19.3 Å². The molecular weight excluding hydrogens is 418 g/mol. The van der Waals surface area contributed by atoms with Gasteiger partial charge in [-0.3, -0.25) is 9.59 Å². The highest BCUT2D eigenvalue weighted by Crippen LogP contribution is 2.34. The number of amides is 2. The Morgan fingerprint density at radius 1 is 1.21 bits per heavy atom. The summed E-state index contributed by atoms with van der Waals surface area (Å²) in [6, 6.07) is 7.92. The molecule has 0 bridgehead atoms. The van der Waals surface area contributed by atoms with Gasteiger partial charge in [0.15, 0.2) is 0 Å². The van der Waals surface area contributed by atoms with E-state index in [1.54, 1.807) is 12.0 Å². The van der Waals surface area contributed by atoms with E-state index >= 15 is 0 Å². The van der Waals surface area contributed by atoms with Gasteiger partial charge in [0.25, 0.3) is 5.91 Å². The van der Waals surface area contributed by atoms with Gasteiger partial charge in [-0.25, -0.2) is 0 Å². The monoisotopic (exact) mass is 455 g/mol. The van der Waals surface area contributed by atoms with E-state index < -0.39 is 5.54 Å². The van der Waals surface area contributed by atoms with Crippen LogP contribution in [0.15, 0.2) is 24.3 Å². The van der Waals surface area contributed by atoms with Crippen LogP contribution in [0.4, 0.5) is 0 Å². The second kappa shape index (κ2) is 9.75. The second-order valence-electron chi connectivity index (χ2n) is 9.85. The van der Waals surface area contributed by atoms with Gasteiger partial charge in [-0.2, -0.15) is 0 Å². The zero-order chi connectivity index (χ0) is 23.6. The van der Waals surface area contributed by atoms with Crippen LogP contribution >= 0.6 is 0 Å². The van der Waals surface area contributed by atoms with Gasteiger partial charge in [-0.15, -0.1) is 0 Å². The molecule has 2 heterocycles. The third-order valence-electron chi connectivity index (χ3n) is 7.04. The highest BCUT2D eigenvalue weighted by Gasteiger charge is 2.47. The van der Waals surface area contributed by atoms with Gasteiger partial charge < -0.3 is 24.3 Å². The summed E-state index contributed by atoms with van der Waals surface area (Å²) in [5.74, 6) is 0.558. The van der Waals surface area contributed by atoms with Gasteiger partial charge in [0.1, 0.15) is 17.0 Å². The third-order valence-corrected chi connectivity index (χ3v) is 7.04. The zero-order valence-electron chi connectivity index (χ0n) is 20.4. The van der Waals surface area contributed by atoms with E-state index in [-0.39, 0.29) is 24.0 Å². The first-order valence-electron chi connectivity index (χ1n) is 12.3. The number of carbonyl (C=O) groups excluding carboxylic acids is 2. The van der Waals surface area contributed by atoms with Crippen LogP contribution in [0.3, 0.4) is 0 Å². The molecule has 2 aliphatic rings. The van der Waals surface area contributed by atoms with Crippen molar-refractivity contribution in [2.24, 2.45) is 0 Å². The predicted octanol–water partition coefficient (Wildman–Crippen LogP) is 4.13. The summed E-state index contributed by atoms with van der Waals surface area (Å²) in [6.45, 7) is 7.35. The second-order valence-corrected chi connectivity index (χ2v) is 9.85.